The molecule has 0 bridgehead atoms. The van der Waals surface area contributed by atoms with Gasteiger partial charge in [-0.3, -0.25) is 0 Å². The van der Waals surface area contributed by atoms with E-state index in [-0.39, 0.29) is 11.9 Å². The normalized spacial score (nSPS) is 12.3. The third kappa shape index (κ3) is 4.17. The molecule has 1 nitrogen and oxygen atoms in total. The summed E-state index contributed by atoms with van der Waals surface area (Å²) in [6.45, 7) is 5.21. The molecule has 20 heavy (non-hydrogen) atoms. The molecule has 0 aliphatic heterocycles. The number of hydrogen-bond donors (Lipinski definition) is 1. The molecule has 0 heterocycles. The van der Waals surface area contributed by atoms with Gasteiger partial charge in [0.1, 0.15) is 5.82 Å². The van der Waals surface area contributed by atoms with E-state index in [1.807, 2.05) is 6.07 Å². The van der Waals surface area contributed by atoms with Gasteiger partial charge in [0, 0.05) is 6.04 Å². The molecule has 1 unspecified atom stereocenters. The molecule has 1 atom stereocenters. The third-order valence-electron chi connectivity index (χ3n) is 3.45. The Kier molecular flexibility index (Phi) is 5.31. The van der Waals surface area contributed by atoms with E-state index in [0.717, 1.165) is 24.9 Å². The number of rotatable bonds is 6. The van der Waals surface area contributed by atoms with Crippen LogP contribution in [0.4, 0.5) is 4.39 Å². The lowest BCUT2D eigenvalue weighted by Crippen LogP contribution is -2.24. The number of hydrogen-bond acceptors (Lipinski definition) is 1. The zero-order chi connectivity index (χ0) is 14.4. The van der Waals surface area contributed by atoms with Crippen LogP contribution >= 0.6 is 0 Å². The van der Waals surface area contributed by atoms with Crippen molar-refractivity contribution in [2.75, 3.05) is 6.54 Å². The van der Waals surface area contributed by atoms with Gasteiger partial charge in [0.05, 0.1) is 0 Å². The molecule has 2 rings (SSSR count). The van der Waals surface area contributed by atoms with Crippen molar-refractivity contribution in [3.05, 3.63) is 71.0 Å². The summed E-state index contributed by atoms with van der Waals surface area (Å²) >= 11 is 0. The summed E-state index contributed by atoms with van der Waals surface area (Å²) in [5, 5.41) is 3.55. The summed E-state index contributed by atoms with van der Waals surface area (Å²) in [7, 11) is 0. The Morgan fingerprint density at radius 2 is 1.85 bits per heavy atom. The zero-order valence-corrected chi connectivity index (χ0v) is 12.2. The summed E-state index contributed by atoms with van der Waals surface area (Å²) in [6.07, 6.45) is 1.90. The first-order valence-corrected chi connectivity index (χ1v) is 7.23. The van der Waals surface area contributed by atoms with Gasteiger partial charge in [-0.1, -0.05) is 48.9 Å². The number of aryl methyl sites for hydroxylation is 1. The minimum Gasteiger partial charge on any atom is -0.310 e. The predicted molar refractivity (Wildman–Crippen MR) is 82.3 cm³/mol. The summed E-state index contributed by atoms with van der Waals surface area (Å²) in [5.74, 6) is -0.166. The van der Waals surface area contributed by atoms with E-state index in [4.69, 9.17) is 0 Å². The molecule has 1 N–H and O–H groups in total. The van der Waals surface area contributed by atoms with Gasteiger partial charge in [0.2, 0.25) is 0 Å². The van der Waals surface area contributed by atoms with Crippen LogP contribution in [0.15, 0.2) is 48.5 Å². The maximum atomic E-state index is 13.3. The predicted octanol–water partition coefficient (Wildman–Crippen LogP) is 4.42. The smallest absolute Gasteiger partial charge is 0.123 e. The number of nitrogens with one attached hydrogen (secondary N) is 1. The average molecular weight is 271 g/mol. The van der Waals surface area contributed by atoms with E-state index < -0.39 is 0 Å². The van der Waals surface area contributed by atoms with Gasteiger partial charge >= 0.3 is 0 Å². The first-order valence-electron chi connectivity index (χ1n) is 7.23. The Balaban J connectivity index is 2.16. The van der Waals surface area contributed by atoms with Gasteiger partial charge < -0.3 is 5.32 Å². The first kappa shape index (κ1) is 14.7. The third-order valence-corrected chi connectivity index (χ3v) is 3.45. The largest absolute Gasteiger partial charge is 0.310 e. The van der Waals surface area contributed by atoms with Crippen LogP contribution < -0.4 is 5.32 Å². The molecule has 2 heteroatoms. The minimum atomic E-state index is -0.166. The van der Waals surface area contributed by atoms with E-state index in [1.54, 1.807) is 12.1 Å². The second-order valence-electron chi connectivity index (χ2n) is 5.25. The summed E-state index contributed by atoms with van der Waals surface area (Å²) in [4.78, 5) is 0. The molecule has 0 saturated carbocycles. The van der Waals surface area contributed by atoms with Gasteiger partial charge in [-0.2, -0.15) is 0 Å². The Hall–Kier alpha value is -1.67. The zero-order valence-electron chi connectivity index (χ0n) is 12.2. The van der Waals surface area contributed by atoms with Crippen LogP contribution in [0.2, 0.25) is 0 Å². The van der Waals surface area contributed by atoms with Gasteiger partial charge in [0.15, 0.2) is 0 Å². The summed E-state index contributed by atoms with van der Waals surface area (Å²) in [6, 6.07) is 15.7. The first-order chi connectivity index (χ1) is 9.69. The minimum absolute atomic E-state index is 0.166. The van der Waals surface area contributed by atoms with Crippen molar-refractivity contribution in [1.29, 1.82) is 0 Å². The fourth-order valence-corrected chi connectivity index (χ4v) is 2.32. The highest BCUT2D eigenvalue weighted by Gasteiger charge is 2.11. The van der Waals surface area contributed by atoms with Crippen molar-refractivity contribution in [2.24, 2.45) is 0 Å². The van der Waals surface area contributed by atoms with Crippen LogP contribution in [-0.2, 0) is 6.42 Å². The fourth-order valence-electron chi connectivity index (χ4n) is 2.32. The molecule has 0 radical (unpaired) electrons. The Morgan fingerprint density at radius 1 is 1.10 bits per heavy atom. The van der Waals surface area contributed by atoms with Crippen molar-refractivity contribution < 1.29 is 4.39 Å². The highest BCUT2D eigenvalue weighted by molar-refractivity contribution is 5.27. The molecule has 0 aliphatic rings. The lowest BCUT2D eigenvalue weighted by atomic mass is 9.98. The van der Waals surface area contributed by atoms with Crippen LogP contribution in [-0.4, -0.2) is 6.54 Å². The van der Waals surface area contributed by atoms with Crippen molar-refractivity contribution in [1.82, 2.24) is 5.32 Å². The Morgan fingerprint density at radius 3 is 2.50 bits per heavy atom. The van der Waals surface area contributed by atoms with Crippen molar-refractivity contribution in [3.8, 4) is 0 Å². The van der Waals surface area contributed by atoms with Crippen molar-refractivity contribution in [3.63, 3.8) is 0 Å². The van der Waals surface area contributed by atoms with Gasteiger partial charge in [-0.15, -0.1) is 0 Å². The lowest BCUT2D eigenvalue weighted by Gasteiger charge is -2.19. The highest BCUT2D eigenvalue weighted by Crippen LogP contribution is 2.19. The maximum absolute atomic E-state index is 13.3. The Bertz CT molecular complexity index is 533. The van der Waals surface area contributed by atoms with E-state index in [2.05, 4.69) is 43.4 Å². The fraction of sp³-hybridized carbons (Fsp3) is 0.333. The molecule has 0 saturated heterocycles. The molecule has 0 aromatic heterocycles. The number of halogens is 1. The Labute approximate surface area is 120 Å². The van der Waals surface area contributed by atoms with Gasteiger partial charge in [-0.05, 0) is 49.6 Å². The molecule has 106 valence electrons. The van der Waals surface area contributed by atoms with Crippen LogP contribution in [0.1, 0.15) is 36.1 Å². The van der Waals surface area contributed by atoms with Crippen LogP contribution in [0, 0.1) is 12.7 Å². The molecule has 2 aromatic rings. The molecular weight excluding hydrogens is 249 g/mol. The lowest BCUT2D eigenvalue weighted by molar-refractivity contribution is 0.527. The van der Waals surface area contributed by atoms with Crippen LogP contribution in [0.25, 0.3) is 0 Å². The van der Waals surface area contributed by atoms with Crippen LogP contribution in [0.3, 0.4) is 0 Å². The molecule has 0 aliphatic carbocycles. The monoisotopic (exact) mass is 271 g/mol. The van der Waals surface area contributed by atoms with E-state index in [1.165, 1.54) is 17.2 Å². The molecule has 2 aromatic carbocycles. The summed E-state index contributed by atoms with van der Waals surface area (Å²) < 4.78 is 13.3. The maximum Gasteiger partial charge on any atom is 0.123 e. The number of benzene rings is 2. The van der Waals surface area contributed by atoms with Gasteiger partial charge in [-0.25, -0.2) is 4.39 Å². The molecule has 0 spiro atoms. The van der Waals surface area contributed by atoms with Crippen LogP contribution in [0.5, 0.6) is 0 Å². The molecule has 0 amide bonds. The van der Waals surface area contributed by atoms with Crippen molar-refractivity contribution >= 4 is 0 Å². The van der Waals surface area contributed by atoms with E-state index >= 15 is 0 Å². The second-order valence-corrected chi connectivity index (χ2v) is 5.25. The molecule has 0 fully saturated rings. The summed E-state index contributed by atoms with van der Waals surface area (Å²) in [5.41, 5.74) is 3.54. The highest BCUT2D eigenvalue weighted by atomic mass is 19.1. The topological polar surface area (TPSA) is 12.0 Å². The quantitative estimate of drug-likeness (QED) is 0.820. The van der Waals surface area contributed by atoms with Gasteiger partial charge in [0.25, 0.3) is 0 Å². The van der Waals surface area contributed by atoms with E-state index in [0.29, 0.717) is 0 Å². The average Bonchev–Trinajstić information content (AvgIpc) is 2.44. The van der Waals surface area contributed by atoms with E-state index in [9.17, 15) is 4.39 Å². The standard InChI is InChI=1S/C18H22FN/c1-3-11-20-18(16-9-7-14(2)8-10-16)13-15-5-4-6-17(19)12-15/h4-10,12,18,20H,3,11,13H2,1-2H3. The van der Waals surface area contributed by atoms with Crippen molar-refractivity contribution in [2.45, 2.75) is 32.7 Å². The second kappa shape index (κ2) is 7.20. The SMILES string of the molecule is CCCNC(Cc1cccc(F)c1)c1ccc(C)cc1. The molecular formula is C18H22FN.